The summed E-state index contributed by atoms with van der Waals surface area (Å²) in [6, 6.07) is 13.5. The molecule has 2 amide bonds. The Balaban J connectivity index is 1.94. The molecule has 6 nitrogen and oxygen atoms in total. The van der Waals surface area contributed by atoms with Gasteiger partial charge < -0.3 is 15.4 Å². The molecule has 2 aromatic carbocycles. The van der Waals surface area contributed by atoms with Crippen molar-refractivity contribution in [2.24, 2.45) is 0 Å². The number of benzene rings is 2. The van der Waals surface area contributed by atoms with Crippen LogP contribution < -0.4 is 15.5 Å². The molecular weight excluding hydrogens is 330 g/mol. The zero-order valence-corrected chi connectivity index (χ0v) is 15.0. The number of fused-ring (bicyclic) bond motifs is 2. The Bertz CT molecular complexity index is 820. The van der Waals surface area contributed by atoms with Crippen LogP contribution in [0.25, 0.3) is 0 Å². The van der Waals surface area contributed by atoms with Gasteiger partial charge in [0.25, 0.3) is 0 Å². The molecule has 0 spiro atoms. The molecule has 1 aliphatic heterocycles. The highest BCUT2D eigenvalue weighted by atomic mass is 16.5. The van der Waals surface area contributed by atoms with Crippen molar-refractivity contribution in [3.8, 4) is 0 Å². The number of hydrogen-bond donors (Lipinski definition) is 2. The molecule has 0 saturated carbocycles. The maximum Gasteiger partial charge on any atom is 0.418 e. The monoisotopic (exact) mass is 353 g/mol. The van der Waals surface area contributed by atoms with Crippen molar-refractivity contribution in [2.45, 2.75) is 19.3 Å². The Labute approximate surface area is 153 Å². The summed E-state index contributed by atoms with van der Waals surface area (Å²) in [5, 5.41) is 5.87. The van der Waals surface area contributed by atoms with Crippen LogP contribution in [-0.4, -0.2) is 32.7 Å². The summed E-state index contributed by atoms with van der Waals surface area (Å²) in [6.45, 7) is 0.627. The van der Waals surface area contributed by atoms with Gasteiger partial charge in [0.1, 0.15) is 0 Å². The van der Waals surface area contributed by atoms with Gasteiger partial charge >= 0.3 is 6.09 Å². The maximum atomic E-state index is 12.5. The fourth-order valence-corrected chi connectivity index (χ4v) is 3.17. The number of rotatable bonds is 4. The van der Waals surface area contributed by atoms with E-state index in [-0.39, 0.29) is 5.91 Å². The lowest BCUT2D eigenvalue weighted by Gasteiger charge is -2.23. The molecule has 0 radical (unpaired) electrons. The van der Waals surface area contributed by atoms with Crippen LogP contribution >= 0.6 is 0 Å². The molecule has 136 valence electrons. The van der Waals surface area contributed by atoms with Crippen molar-refractivity contribution in [1.29, 1.82) is 0 Å². The number of carbonyl (C=O) groups excluding carboxylic acids is 2. The molecule has 1 heterocycles. The Morgan fingerprint density at radius 3 is 2.58 bits per heavy atom. The molecule has 6 heteroatoms. The van der Waals surface area contributed by atoms with E-state index in [0.29, 0.717) is 13.0 Å². The molecule has 2 aromatic rings. The van der Waals surface area contributed by atoms with Gasteiger partial charge in [-0.1, -0.05) is 18.2 Å². The van der Waals surface area contributed by atoms with E-state index in [0.717, 1.165) is 41.0 Å². The van der Waals surface area contributed by atoms with Crippen LogP contribution in [0.1, 0.15) is 17.5 Å². The summed E-state index contributed by atoms with van der Waals surface area (Å²) >= 11 is 0. The predicted molar refractivity (Wildman–Crippen MR) is 102 cm³/mol. The molecule has 0 unspecified atom stereocenters. The maximum absolute atomic E-state index is 12.5. The van der Waals surface area contributed by atoms with Crippen molar-refractivity contribution >= 4 is 29.1 Å². The summed E-state index contributed by atoms with van der Waals surface area (Å²) < 4.78 is 5.01. The highest BCUT2D eigenvalue weighted by Gasteiger charge is 2.26. The highest BCUT2D eigenvalue weighted by Crippen LogP contribution is 2.37. The number of para-hydroxylation sites is 1. The van der Waals surface area contributed by atoms with E-state index in [1.165, 1.54) is 7.11 Å². The van der Waals surface area contributed by atoms with Crippen LogP contribution in [0.4, 0.5) is 21.9 Å². The molecule has 0 aromatic heterocycles. The van der Waals surface area contributed by atoms with E-state index in [9.17, 15) is 9.59 Å². The summed E-state index contributed by atoms with van der Waals surface area (Å²) in [7, 11) is 3.20. The van der Waals surface area contributed by atoms with Gasteiger partial charge in [0.2, 0.25) is 5.91 Å². The second-order valence-corrected chi connectivity index (χ2v) is 6.18. The first-order valence-corrected chi connectivity index (χ1v) is 8.67. The van der Waals surface area contributed by atoms with E-state index in [4.69, 9.17) is 4.74 Å². The SMILES string of the molecule is CNCCC(=O)Nc1ccc2c(c1)CCc1ccccc1N2C(=O)OC. The smallest absolute Gasteiger partial charge is 0.418 e. The zero-order valence-electron chi connectivity index (χ0n) is 15.0. The van der Waals surface area contributed by atoms with Gasteiger partial charge in [-0.25, -0.2) is 9.69 Å². The molecule has 2 N–H and O–H groups in total. The molecule has 0 aliphatic carbocycles. The van der Waals surface area contributed by atoms with Gasteiger partial charge in [0, 0.05) is 18.7 Å². The summed E-state index contributed by atoms with van der Waals surface area (Å²) in [6.07, 6.45) is 1.58. The number of hydrogen-bond acceptors (Lipinski definition) is 4. The van der Waals surface area contributed by atoms with Gasteiger partial charge in [0.05, 0.1) is 18.5 Å². The number of nitrogens with zero attached hydrogens (tertiary/aromatic N) is 1. The number of carbonyl (C=O) groups is 2. The highest BCUT2D eigenvalue weighted by molar-refractivity contribution is 5.99. The fraction of sp³-hybridized carbons (Fsp3) is 0.300. The predicted octanol–water partition coefficient (Wildman–Crippen LogP) is 3.24. The number of nitrogens with one attached hydrogen (secondary N) is 2. The van der Waals surface area contributed by atoms with Crippen molar-refractivity contribution in [3.63, 3.8) is 0 Å². The van der Waals surface area contributed by atoms with Gasteiger partial charge in [-0.3, -0.25) is 4.79 Å². The average molecular weight is 353 g/mol. The Morgan fingerprint density at radius 1 is 1.08 bits per heavy atom. The summed E-state index contributed by atoms with van der Waals surface area (Å²) in [5.41, 5.74) is 4.45. The molecule has 26 heavy (non-hydrogen) atoms. The van der Waals surface area contributed by atoms with Gasteiger partial charge in [0.15, 0.2) is 0 Å². The van der Waals surface area contributed by atoms with E-state index < -0.39 is 6.09 Å². The van der Waals surface area contributed by atoms with Crippen LogP contribution in [0.5, 0.6) is 0 Å². The van der Waals surface area contributed by atoms with Crippen LogP contribution in [0, 0.1) is 0 Å². The first kappa shape index (κ1) is 17.9. The largest absolute Gasteiger partial charge is 0.452 e. The van der Waals surface area contributed by atoms with Gasteiger partial charge in [-0.15, -0.1) is 0 Å². The Hall–Kier alpha value is -2.86. The van der Waals surface area contributed by atoms with Crippen molar-refractivity contribution < 1.29 is 14.3 Å². The summed E-state index contributed by atoms with van der Waals surface area (Å²) in [5.74, 6) is -0.0407. The van der Waals surface area contributed by atoms with E-state index in [2.05, 4.69) is 10.6 Å². The first-order chi connectivity index (χ1) is 12.6. The molecule has 3 rings (SSSR count). The van der Waals surface area contributed by atoms with Gasteiger partial charge in [-0.2, -0.15) is 0 Å². The van der Waals surface area contributed by atoms with Gasteiger partial charge in [-0.05, 0) is 55.3 Å². The minimum absolute atomic E-state index is 0.0407. The minimum Gasteiger partial charge on any atom is -0.452 e. The average Bonchev–Trinajstić information content (AvgIpc) is 2.82. The number of anilines is 3. The molecule has 1 aliphatic rings. The molecule has 0 atom stereocenters. The standard InChI is InChI=1S/C20H23N3O3/c1-21-12-11-19(24)22-16-9-10-18-15(13-16)8-7-14-5-3-4-6-17(14)23(18)20(25)26-2/h3-6,9-10,13,21H,7-8,11-12H2,1-2H3,(H,22,24). The third-order valence-electron chi connectivity index (χ3n) is 4.46. The van der Waals surface area contributed by atoms with Crippen LogP contribution in [0.15, 0.2) is 42.5 Å². The fourth-order valence-electron chi connectivity index (χ4n) is 3.17. The van der Waals surface area contributed by atoms with Crippen molar-refractivity contribution in [1.82, 2.24) is 5.32 Å². The Kier molecular flexibility index (Phi) is 5.53. The second kappa shape index (κ2) is 8.01. The third-order valence-corrected chi connectivity index (χ3v) is 4.46. The molecule has 0 bridgehead atoms. The van der Waals surface area contributed by atoms with E-state index in [1.54, 1.807) is 4.90 Å². The lowest BCUT2D eigenvalue weighted by Crippen LogP contribution is -2.26. The zero-order chi connectivity index (χ0) is 18.5. The number of methoxy groups -OCH3 is 1. The topological polar surface area (TPSA) is 70.7 Å². The van der Waals surface area contributed by atoms with Crippen LogP contribution in [-0.2, 0) is 22.4 Å². The van der Waals surface area contributed by atoms with Crippen LogP contribution in [0.3, 0.4) is 0 Å². The summed E-state index contributed by atoms with van der Waals surface area (Å²) in [4.78, 5) is 26.0. The van der Waals surface area contributed by atoms with E-state index in [1.807, 2.05) is 49.5 Å². The Morgan fingerprint density at radius 2 is 1.81 bits per heavy atom. The number of ether oxygens (including phenoxy) is 1. The van der Waals surface area contributed by atoms with Crippen molar-refractivity contribution in [3.05, 3.63) is 53.6 Å². The first-order valence-electron chi connectivity index (χ1n) is 8.67. The second-order valence-electron chi connectivity index (χ2n) is 6.18. The lowest BCUT2D eigenvalue weighted by molar-refractivity contribution is -0.116. The number of aryl methyl sites for hydroxylation is 2. The normalized spacial score (nSPS) is 12.6. The number of amides is 2. The molecule has 0 saturated heterocycles. The quantitative estimate of drug-likeness (QED) is 0.885. The van der Waals surface area contributed by atoms with Crippen LogP contribution in [0.2, 0.25) is 0 Å². The van der Waals surface area contributed by atoms with Crippen molar-refractivity contribution in [2.75, 3.05) is 30.9 Å². The lowest BCUT2D eigenvalue weighted by atomic mass is 10.0. The molecule has 0 fully saturated rings. The third kappa shape index (κ3) is 3.70. The van der Waals surface area contributed by atoms with E-state index >= 15 is 0 Å². The molecular formula is C20H23N3O3. The minimum atomic E-state index is -0.425.